The van der Waals surface area contributed by atoms with Crippen LogP contribution in [-0.4, -0.2) is 9.36 Å². The van der Waals surface area contributed by atoms with Crippen molar-refractivity contribution in [1.82, 2.24) is 9.36 Å². The van der Waals surface area contributed by atoms with Gasteiger partial charge in [-0.25, -0.2) is 9.07 Å². The maximum absolute atomic E-state index is 14.0. The summed E-state index contributed by atoms with van der Waals surface area (Å²) in [5.74, 6) is -0.159. The number of benzene rings is 2. The van der Waals surface area contributed by atoms with E-state index in [1.165, 1.54) is 6.07 Å². The first-order chi connectivity index (χ1) is 12.1. The number of hydrogen-bond donors (Lipinski definition) is 1. The highest BCUT2D eigenvalue weighted by atomic mass is 19.1. The zero-order valence-electron chi connectivity index (χ0n) is 14.3. The highest BCUT2D eigenvalue weighted by molar-refractivity contribution is 5.52. The van der Waals surface area contributed by atoms with Gasteiger partial charge in [-0.2, -0.15) is 0 Å². The molecule has 1 aliphatic carbocycles. The Bertz CT molecular complexity index is 988. The molecule has 1 heterocycles. The first kappa shape index (κ1) is 15.7. The molecule has 0 aliphatic heterocycles. The monoisotopic (exact) mass is 337 g/mol. The minimum Gasteiger partial charge on any atom is -0.372 e. The molecular formula is C20H20FN3O. The molecule has 0 unspecified atom stereocenters. The Balaban J connectivity index is 1.75. The molecule has 0 radical (unpaired) electrons. The molecule has 1 atom stereocenters. The quantitative estimate of drug-likeness (QED) is 0.791. The van der Waals surface area contributed by atoms with Crippen molar-refractivity contribution in [3.63, 3.8) is 0 Å². The van der Waals surface area contributed by atoms with Crippen LogP contribution in [0, 0.1) is 12.7 Å². The summed E-state index contributed by atoms with van der Waals surface area (Å²) in [7, 11) is 1.87. The Morgan fingerprint density at radius 3 is 2.64 bits per heavy atom. The molecule has 128 valence electrons. The van der Waals surface area contributed by atoms with Gasteiger partial charge in [0.1, 0.15) is 11.5 Å². The topological polar surface area (TPSA) is 39.0 Å². The van der Waals surface area contributed by atoms with Gasteiger partial charge in [0.2, 0.25) is 0 Å². The van der Waals surface area contributed by atoms with Crippen molar-refractivity contribution in [3.05, 3.63) is 81.5 Å². The zero-order valence-corrected chi connectivity index (χ0v) is 14.3. The molecule has 0 saturated heterocycles. The van der Waals surface area contributed by atoms with Crippen LogP contribution in [0.2, 0.25) is 0 Å². The van der Waals surface area contributed by atoms with E-state index in [1.54, 1.807) is 10.7 Å². The lowest BCUT2D eigenvalue weighted by atomic mass is 10.1. The second-order valence-corrected chi connectivity index (χ2v) is 6.48. The largest absolute Gasteiger partial charge is 0.372 e. The highest BCUT2D eigenvalue weighted by Crippen LogP contribution is 2.35. The van der Waals surface area contributed by atoms with Crippen LogP contribution in [0.3, 0.4) is 0 Å². The second kappa shape index (κ2) is 5.92. The minimum absolute atomic E-state index is 0.0382. The summed E-state index contributed by atoms with van der Waals surface area (Å²) in [4.78, 5) is 13.0. The van der Waals surface area contributed by atoms with E-state index >= 15 is 0 Å². The third kappa shape index (κ3) is 2.47. The van der Waals surface area contributed by atoms with Crippen LogP contribution >= 0.6 is 0 Å². The van der Waals surface area contributed by atoms with E-state index in [0.717, 1.165) is 28.9 Å². The predicted molar refractivity (Wildman–Crippen MR) is 96.8 cm³/mol. The fourth-order valence-corrected chi connectivity index (χ4v) is 3.67. The second-order valence-electron chi connectivity index (χ2n) is 6.48. The fourth-order valence-electron chi connectivity index (χ4n) is 3.67. The molecule has 0 bridgehead atoms. The predicted octanol–water partition coefficient (Wildman–Crippen LogP) is 3.72. The molecule has 1 aliphatic rings. The highest BCUT2D eigenvalue weighted by Gasteiger charge is 2.27. The van der Waals surface area contributed by atoms with Crippen molar-refractivity contribution < 1.29 is 4.39 Å². The van der Waals surface area contributed by atoms with Crippen molar-refractivity contribution >= 4 is 5.69 Å². The lowest BCUT2D eigenvalue weighted by Gasteiger charge is -2.14. The van der Waals surface area contributed by atoms with Crippen molar-refractivity contribution in [2.75, 3.05) is 5.32 Å². The minimum atomic E-state index is -0.159. The number of anilines is 1. The van der Waals surface area contributed by atoms with Crippen LogP contribution in [0.15, 0.2) is 53.3 Å². The number of rotatable bonds is 3. The van der Waals surface area contributed by atoms with Gasteiger partial charge >= 0.3 is 0 Å². The van der Waals surface area contributed by atoms with Gasteiger partial charge in [-0.3, -0.25) is 9.48 Å². The van der Waals surface area contributed by atoms with Crippen LogP contribution in [0.4, 0.5) is 10.1 Å². The maximum Gasteiger partial charge on any atom is 0.295 e. The van der Waals surface area contributed by atoms with E-state index in [0.29, 0.717) is 12.1 Å². The number of nitrogens with zero attached hydrogens (tertiary/aromatic N) is 2. The number of nitrogens with one attached hydrogen (secondary N) is 1. The molecule has 5 heteroatoms. The van der Waals surface area contributed by atoms with Gasteiger partial charge < -0.3 is 5.32 Å². The lowest BCUT2D eigenvalue weighted by molar-refractivity contribution is 0.612. The van der Waals surface area contributed by atoms with Gasteiger partial charge in [0, 0.05) is 7.05 Å². The molecular weight excluding hydrogens is 317 g/mol. The summed E-state index contributed by atoms with van der Waals surface area (Å²) in [6, 6.07) is 14.7. The number of fused-ring (bicyclic) bond motifs is 1. The van der Waals surface area contributed by atoms with Gasteiger partial charge in [-0.15, -0.1) is 0 Å². The van der Waals surface area contributed by atoms with Crippen LogP contribution in [0.1, 0.15) is 29.3 Å². The number of aromatic nitrogens is 2. The summed E-state index contributed by atoms with van der Waals surface area (Å²) in [6.45, 7) is 1.92. The molecule has 4 nitrogen and oxygen atoms in total. The molecule has 1 aromatic heterocycles. The Kier molecular flexibility index (Phi) is 3.71. The van der Waals surface area contributed by atoms with Gasteiger partial charge in [0.05, 0.1) is 17.4 Å². The van der Waals surface area contributed by atoms with Crippen LogP contribution < -0.4 is 10.9 Å². The summed E-state index contributed by atoms with van der Waals surface area (Å²) < 4.78 is 17.5. The van der Waals surface area contributed by atoms with Gasteiger partial charge in [-0.05, 0) is 49.1 Å². The Hall–Kier alpha value is -2.82. The molecule has 1 N–H and O–H groups in total. The molecule has 0 amide bonds. The Morgan fingerprint density at radius 2 is 1.88 bits per heavy atom. The van der Waals surface area contributed by atoms with E-state index in [2.05, 4.69) is 5.32 Å². The molecule has 0 fully saturated rings. The van der Waals surface area contributed by atoms with Gasteiger partial charge in [-0.1, -0.05) is 30.3 Å². The normalized spacial score (nSPS) is 16.0. The standard InChI is InChI=1S/C20H20FN3O/c1-13-19(20(25)24(23(13)2)14-7-4-3-5-8-14)22-18-12-11-15-16(18)9-6-10-17(15)21/h3-10,18,22H,11-12H2,1-2H3/t18-/m1/s1. The first-order valence-corrected chi connectivity index (χ1v) is 8.45. The van der Waals surface area contributed by atoms with Crippen LogP contribution in [0.5, 0.6) is 0 Å². The third-order valence-corrected chi connectivity index (χ3v) is 5.09. The molecule has 3 aromatic rings. The summed E-state index contributed by atoms with van der Waals surface area (Å²) in [5.41, 5.74) is 3.89. The third-order valence-electron chi connectivity index (χ3n) is 5.09. The summed E-state index contributed by atoms with van der Waals surface area (Å²) in [5, 5.41) is 3.37. The molecule has 25 heavy (non-hydrogen) atoms. The van der Waals surface area contributed by atoms with E-state index in [4.69, 9.17) is 0 Å². The van der Waals surface area contributed by atoms with Crippen molar-refractivity contribution in [2.24, 2.45) is 7.05 Å². The summed E-state index contributed by atoms with van der Waals surface area (Å²) in [6.07, 6.45) is 1.48. The average molecular weight is 337 g/mol. The van der Waals surface area contributed by atoms with E-state index in [-0.39, 0.29) is 17.4 Å². The number of hydrogen-bond acceptors (Lipinski definition) is 2. The van der Waals surface area contributed by atoms with Crippen LogP contribution in [-0.2, 0) is 13.5 Å². The summed E-state index contributed by atoms with van der Waals surface area (Å²) >= 11 is 0. The maximum atomic E-state index is 14.0. The van der Waals surface area contributed by atoms with Crippen molar-refractivity contribution in [3.8, 4) is 5.69 Å². The SMILES string of the molecule is Cc1c(N[C@@H]2CCc3c(F)cccc32)c(=O)n(-c2ccccc2)n1C. The van der Waals surface area contributed by atoms with Crippen molar-refractivity contribution in [2.45, 2.75) is 25.8 Å². The molecule has 2 aromatic carbocycles. The van der Waals surface area contributed by atoms with Gasteiger partial charge in [0.25, 0.3) is 5.56 Å². The first-order valence-electron chi connectivity index (χ1n) is 8.45. The molecule has 0 spiro atoms. The number of halogens is 1. The van der Waals surface area contributed by atoms with E-state index in [9.17, 15) is 9.18 Å². The van der Waals surface area contributed by atoms with Crippen molar-refractivity contribution in [1.29, 1.82) is 0 Å². The smallest absolute Gasteiger partial charge is 0.295 e. The Labute approximate surface area is 145 Å². The number of para-hydroxylation sites is 1. The van der Waals surface area contributed by atoms with E-state index < -0.39 is 0 Å². The average Bonchev–Trinajstić information content (AvgIpc) is 3.12. The van der Waals surface area contributed by atoms with Gasteiger partial charge in [0.15, 0.2) is 0 Å². The lowest BCUT2D eigenvalue weighted by Crippen LogP contribution is -2.21. The van der Waals surface area contributed by atoms with Crippen LogP contribution in [0.25, 0.3) is 5.69 Å². The zero-order chi connectivity index (χ0) is 17.6. The molecule has 0 saturated carbocycles. The molecule has 4 rings (SSSR count). The Morgan fingerprint density at radius 1 is 1.12 bits per heavy atom. The fraction of sp³-hybridized carbons (Fsp3) is 0.250. The van der Waals surface area contributed by atoms with E-state index in [1.807, 2.05) is 55.1 Å².